The molecule has 1 saturated heterocycles. The number of aryl methyl sites for hydroxylation is 1. The molecule has 0 aromatic carbocycles. The van der Waals surface area contributed by atoms with Crippen LogP contribution in [0.25, 0.3) is 0 Å². The Labute approximate surface area is 97.6 Å². The van der Waals surface area contributed by atoms with Crippen molar-refractivity contribution in [2.24, 2.45) is 0 Å². The second-order valence-electron chi connectivity index (χ2n) is 3.47. The minimum Gasteiger partial charge on any atom is -0.378 e. The maximum absolute atomic E-state index is 12.0. The number of amides is 1. The first-order chi connectivity index (χ1) is 7.20. The Balaban J connectivity index is 2.16. The number of hydrogen-bond acceptors (Lipinski definition) is 3. The van der Waals surface area contributed by atoms with Crippen molar-refractivity contribution in [1.82, 2.24) is 4.90 Å². The molecule has 3 nitrogen and oxygen atoms in total. The van der Waals surface area contributed by atoms with E-state index in [0.717, 1.165) is 5.56 Å². The highest BCUT2D eigenvalue weighted by Crippen LogP contribution is 2.28. The number of thiophene rings is 1. The Morgan fingerprint density at radius 2 is 2.20 bits per heavy atom. The average molecular weight is 246 g/mol. The van der Waals surface area contributed by atoms with Gasteiger partial charge in [-0.1, -0.05) is 11.6 Å². The van der Waals surface area contributed by atoms with Crippen molar-refractivity contribution < 1.29 is 9.53 Å². The van der Waals surface area contributed by atoms with Crippen LogP contribution in [0.15, 0.2) is 5.38 Å². The summed E-state index contributed by atoms with van der Waals surface area (Å²) in [5.74, 6) is 0.0291. The van der Waals surface area contributed by atoms with Gasteiger partial charge in [-0.15, -0.1) is 11.3 Å². The summed E-state index contributed by atoms with van der Waals surface area (Å²) in [6.07, 6.45) is 0. The molecule has 0 radical (unpaired) electrons. The summed E-state index contributed by atoms with van der Waals surface area (Å²) >= 11 is 7.47. The maximum Gasteiger partial charge on any atom is 0.265 e. The predicted octanol–water partition coefficient (Wildman–Crippen LogP) is 2.18. The summed E-state index contributed by atoms with van der Waals surface area (Å²) in [7, 11) is 0. The third-order valence-electron chi connectivity index (χ3n) is 2.39. The van der Waals surface area contributed by atoms with E-state index in [4.69, 9.17) is 16.3 Å². The number of morpholine rings is 1. The van der Waals surface area contributed by atoms with E-state index in [-0.39, 0.29) is 5.91 Å². The molecule has 1 aliphatic rings. The largest absolute Gasteiger partial charge is 0.378 e. The van der Waals surface area contributed by atoms with Crippen LogP contribution >= 0.6 is 22.9 Å². The molecule has 1 aromatic rings. The van der Waals surface area contributed by atoms with Crippen molar-refractivity contribution >= 4 is 28.8 Å². The van der Waals surface area contributed by atoms with Gasteiger partial charge in [-0.3, -0.25) is 4.79 Å². The van der Waals surface area contributed by atoms with Crippen LogP contribution in [0.1, 0.15) is 15.2 Å². The minimum atomic E-state index is 0.0291. The quantitative estimate of drug-likeness (QED) is 0.759. The molecule has 0 aliphatic carbocycles. The molecule has 0 spiro atoms. The zero-order valence-corrected chi connectivity index (χ0v) is 10.0. The molecule has 0 bridgehead atoms. The molecule has 1 aliphatic heterocycles. The lowest BCUT2D eigenvalue weighted by molar-refractivity contribution is 0.0306. The second kappa shape index (κ2) is 4.51. The van der Waals surface area contributed by atoms with Crippen molar-refractivity contribution in [3.05, 3.63) is 20.8 Å². The van der Waals surface area contributed by atoms with E-state index in [1.54, 1.807) is 4.90 Å². The van der Waals surface area contributed by atoms with E-state index in [9.17, 15) is 4.79 Å². The molecule has 0 atom stereocenters. The molecule has 0 saturated carbocycles. The van der Waals surface area contributed by atoms with Gasteiger partial charge in [0.05, 0.1) is 18.2 Å². The fraction of sp³-hybridized carbons (Fsp3) is 0.500. The summed E-state index contributed by atoms with van der Waals surface area (Å²) in [6, 6.07) is 0. The topological polar surface area (TPSA) is 29.5 Å². The summed E-state index contributed by atoms with van der Waals surface area (Å²) < 4.78 is 5.20. The molecular weight excluding hydrogens is 234 g/mol. The van der Waals surface area contributed by atoms with Crippen LogP contribution in [0, 0.1) is 6.92 Å². The Bertz CT molecular complexity index is 371. The van der Waals surface area contributed by atoms with Crippen LogP contribution in [0.3, 0.4) is 0 Å². The van der Waals surface area contributed by atoms with Gasteiger partial charge in [0, 0.05) is 13.1 Å². The monoisotopic (exact) mass is 245 g/mol. The normalized spacial score (nSPS) is 16.8. The molecule has 15 heavy (non-hydrogen) atoms. The maximum atomic E-state index is 12.0. The predicted molar refractivity (Wildman–Crippen MR) is 60.8 cm³/mol. The molecule has 1 amide bonds. The van der Waals surface area contributed by atoms with Crippen molar-refractivity contribution in [2.45, 2.75) is 6.92 Å². The first-order valence-electron chi connectivity index (χ1n) is 4.81. The van der Waals surface area contributed by atoms with Crippen molar-refractivity contribution in [2.75, 3.05) is 26.3 Å². The Kier molecular flexibility index (Phi) is 3.29. The first kappa shape index (κ1) is 10.9. The molecule has 0 N–H and O–H groups in total. The smallest absolute Gasteiger partial charge is 0.265 e. The van der Waals surface area contributed by atoms with E-state index in [0.29, 0.717) is 36.2 Å². The van der Waals surface area contributed by atoms with Gasteiger partial charge in [0.25, 0.3) is 5.91 Å². The number of nitrogens with zero attached hydrogens (tertiary/aromatic N) is 1. The zero-order valence-electron chi connectivity index (χ0n) is 8.46. The highest BCUT2D eigenvalue weighted by molar-refractivity contribution is 7.13. The van der Waals surface area contributed by atoms with Crippen molar-refractivity contribution in [3.63, 3.8) is 0 Å². The van der Waals surface area contributed by atoms with E-state index in [1.807, 2.05) is 12.3 Å². The van der Waals surface area contributed by atoms with Crippen LogP contribution in [0.5, 0.6) is 0 Å². The number of hydrogen-bond donors (Lipinski definition) is 0. The van der Waals surface area contributed by atoms with Gasteiger partial charge >= 0.3 is 0 Å². The van der Waals surface area contributed by atoms with Crippen LogP contribution < -0.4 is 0 Å². The Morgan fingerprint density at radius 1 is 1.53 bits per heavy atom. The first-order valence-corrected chi connectivity index (χ1v) is 6.06. The fourth-order valence-corrected chi connectivity index (χ4v) is 2.72. The molecule has 2 rings (SSSR count). The van der Waals surface area contributed by atoms with Gasteiger partial charge in [0.2, 0.25) is 0 Å². The van der Waals surface area contributed by atoms with E-state index in [2.05, 4.69) is 0 Å². The van der Waals surface area contributed by atoms with Crippen LogP contribution in [-0.4, -0.2) is 37.1 Å². The fourth-order valence-electron chi connectivity index (χ4n) is 1.48. The highest BCUT2D eigenvalue weighted by atomic mass is 35.5. The Hall–Kier alpha value is -0.580. The standard InChI is InChI=1S/C10H12ClNO2S/c1-7-6-15-9(8(7)11)10(13)12-2-4-14-5-3-12/h6H,2-5H2,1H3. The molecule has 5 heteroatoms. The number of carbonyl (C=O) groups excluding carboxylic acids is 1. The van der Waals surface area contributed by atoms with Crippen LogP contribution in [0.2, 0.25) is 5.02 Å². The lowest BCUT2D eigenvalue weighted by atomic mass is 10.3. The Morgan fingerprint density at radius 3 is 2.73 bits per heavy atom. The third kappa shape index (κ3) is 2.17. The van der Waals surface area contributed by atoms with Crippen LogP contribution in [-0.2, 0) is 4.74 Å². The van der Waals surface area contributed by atoms with Crippen molar-refractivity contribution in [3.8, 4) is 0 Å². The number of halogens is 1. The van der Waals surface area contributed by atoms with E-state index < -0.39 is 0 Å². The summed E-state index contributed by atoms with van der Waals surface area (Å²) in [5.41, 5.74) is 0.971. The van der Waals surface area contributed by atoms with Gasteiger partial charge in [-0.2, -0.15) is 0 Å². The molecular formula is C10H12ClNO2S. The van der Waals surface area contributed by atoms with Gasteiger partial charge in [-0.25, -0.2) is 0 Å². The van der Waals surface area contributed by atoms with E-state index in [1.165, 1.54) is 11.3 Å². The zero-order chi connectivity index (χ0) is 10.8. The summed E-state index contributed by atoms with van der Waals surface area (Å²) in [6.45, 7) is 4.47. The lowest BCUT2D eigenvalue weighted by Crippen LogP contribution is -2.40. The molecule has 0 unspecified atom stereocenters. The average Bonchev–Trinajstić information content (AvgIpc) is 2.60. The SMILES string of the molecule is Cc1csc(C(=O)N2CCOCC2)c1Cl. The van der Waals surface area contributed by atoms with Gasteiger partial charge < -0.3 is 9.64 Å². The third-order valence-corrected chi connectivity index (χ3v) is 4.08. The summed E-state index contributed by atoms with van der Waals surface area (Å²) in [5, 5.41) is 2.51. The lowest BCUT2D eigenvalue weighted by Gasteiger charge is -2.26. The molecule has 1 fully saturated rings. The number of ether oxygens (including phenoxy) is 1. The summed E-state index contributed by atoms with van der Waals surface area (Å²) in [4.78, 5) is 14.5. The minimum absolute atomic E-state index is 0.0291. The van der Waals surface area contributed by atoms with Gasteiger partial charge in [0.15, 0.2) is 0 Å². The second-order valence-corrected chi connectivity index (χ2v) is 4.72. The molecule has 82 valence electrons. The highest BCUT2D eigenvalue weighted by Gasteiger charge is 2.22. The van der Waals surface area contributed by atoms with E-state index >= 15 is 0 Å². The van der Waals surface area contributed by atoms with Gasteiger partial charge in [-0.05, 0) is 17.9 Å². The van der Waals surface area contributed by atoms with Crippen molar-refractivity contribution in [1.29, 1.82) is 0 Å². The van der Waals surface area contributed by atoms with Crippen LogP contribution in [0.4, 0.5) is 0 Å². The number of rotatable bonds is 1. The molecule has 2 heterocycles. The number of carbonyl (C=O) groups is 1. The molecule has 1 aromatic heterocycles. The van der Waals surface area contributed by atoms with Gasteiger partial charge in [0.1, 0.15) is 4.88 Å².